The van der Waals surface area contributed by atoms with Gasteiger partial charge in [-0.3, -0.25) is 14.6 Å². The fourth-order valence-electron chi connectivity index (χ4n) is 1.02. The Hall–Kier alpha value is -1.97. The van der Waals surface area contributed by atoms with Gasteiger partial charge < -0.3 is 5.73 Å². The van der Waals surface area contributed by atoms with E-state index < -0.39 is 0 Å². The monoisotopic (exact) mass is 204 g/mol. The molecule has 0 radical (unpaired) electrons. The zero-order chi connectivity index (χ0) is 11.3. The number of hydrogen-bond donors (Lipinski definition) is 1. The number of rotatable bonds is 4. The van der Waals surface area contributed by atoms with Crippen molar-refractivity contribution < 1.29 is 9.59 Å². The van der Waals surface area contributed by atoms with Gasteiger partial charge in [-0.05, 0) is 11.6 Å². The Bertz CT molecular complexity index is 394. The van der Waals surface area contributed by atoms with E-state index in [1.807, 2.05) is 0 Å². The van der Waals surface area contributed by atoms with Gasteiger partial charge in [-0.2, -0.15) is 0 Å². The maximum atomic E-state index is 10.9. The van der Waals surface area contributed by atoms with E-state index in [4.69, 9.17) is 5.73 Å². The average molecular weight is 204 g/mol. The second-order valence-corrected chi connectivity index (χ2v) is 3.11. The van der Waals surface area contributed by atoms with Gasteiger partial charge >= 0.3 is 0 Å². The quantitative estimate of drug-likeness (QED) is 0.748. The molecule has 0 spiro atoms. The largest absolute Gasteiger partial charge is 0.369 e. The van der Waals surface area contributed by atoms with Gasteiger partial charge in [-0.1, -0.05) is 18.2 Å². The zero-order valence-corrected chi connectivity index (χ0v) is 8.43. The number of aromatic nitrogens is 1. The molecule has 0 saturated carbocycles. The first-order valence-corrected chi connectivity index (χ1v) is 4.51. The number of amides is 1. The number of primary amides is 1. The number of ketones is 1. The number of carbonyl (C=O) groups excluding carboxylic acids is 2. The van der Waals surface area contributed by atoms with Crippen molar-refractivity contribution in [3.05, 3.63) is 35.7 Å². The summed E-state index contributed by atoms with van der Waals surface area (Å²) in [4.78, 5) is 25.3. The van der Waals surface area contributed by atoms with Crippen LogP contribution in [0.3, 0.4) is 0 Å². The zero-order valence-electron chi connectivity index (χ0n) is 8.43. The summed E-state index contributed by atoms with van der Waals surface area (Å²) in [5.41, 5.74) is 6.24. The smallest absolute Gasteiger partial charge is 0.221 e. The third kappa shape index (κ3) is 3.72. The minimum atomic E-state index is -0.375. The van der Waals surface area contributed by atoms with Crippen LogP contribution in [0.2, 0.25) is 0 Å². The van der Waals surface area contributed by atoms with Crippen LogP contribution in [0.4, 0.5) is 0 Å². The Labute approximate surface area is 87.8 Å². The average Bonchev–Trinajstić information content (AvgIpc) is 2.18. The lowest BCUT2D eigenvalue weighted by molar-refractivity contribution is -0.117. The molecule has 1 heterocycles. The predicted octanol–water partition coefficient (Wildman–Crippen LogP) is 1.17. The first-order chi connectivity index (χ1) is 7.09. The molecule has 1 aromatic heterocycles. The van der Waals surface area contributed by atoms with Gasteiger partial charge in [-0.25, -0.2) is 0 Å². The molecule has 0 aliphatic rings. The first-order valence-electron chi connectivity index (χ1n) is 4.51. The molecule has 0 fully saturated rings. The molecule has 0 bridgehead atoms. The molecular formula is C11H12N2O2. The van der Waals surface area contributed by atoms with Gasteiger partial charge in [0.15, 0.2) is 5.78 Å². The summed E-state index contributed by atoms with van der Waals surface area (Å²) in [7, 11) is 0. The molecule has 0 unspecified atom stereocenters. The fraction of sp³-hybridized carbons (Fsp3) is 0.182. The minimum Gasteiger partial charge on any atom is -0.369 e. The predicted molar refractivity (Wildman–Crippen MR) is 57.1 cm³/mol. The SMILES string of the molecule is CC(=O)c1ccc(C=CCC(N)=O)cn1. The molecule has 4 nitrogen and oxygen atoms in total. The highest BCUT2D eigenvalue weighted by Gasteiger charge is 1.98. The molecule has 0 aliphatic heterocycles. The summed E-state index contributed by atoms with van der Waals surface area (Å²) in [6, 6.07) is 3.41. The van der Waals surface area contributed by atoms with Gasteiger partial charge in [-0.15, -0.1) is 0 Å². The van der Waals surface area contributed by atoms with Crippen molar-refractivity contribution in [3.63, 3.8) is 0 Å². The van der Waals surface area contributed by atoms with Gasteiger partial charge in [0, 0.05) is 19.5 Å². The van der Waals surface area contributed by atoms with E-state index >= 15 is 0 Å². The number of Topliss-reactive ketones (excluding diaryl/α,β-unsaturated/α-hetero) is 1. The maximum absolute atomic E-state index is 10.9. The van der Waals surface area contributed by atoms with Gasteiger partial charge in [0.2, 0.25) is 5.91 Å². The molecule has 1 amide bonds. The molecule has 2 N–H and O–H groups in total. The van der Waals surface area contributed by atoms with E-state index in [1.54, 1.807) is 30.5 Å². The fourth-order valence-corrected chi connectivity index (χ4v) is 1.02. The van der Waals surface area contributed by atoms with Crippen molar-refractivity contribution >= 4 is 17.8 Å². The van der Waals surface area contributed by atoms with Crippen LogP contribution in [-0.2, 0) is 4.79 Å². The molecular weight excluding hydrogens is 192 g/mol. The summed E-state index contributed by atoms with van der Waals surface area (Å²) < 4.78 is 0. The topological polar surface area (TPSA) is 73.1 Å². The number of nitrogens with two attached hydrogens (primary N) is 1. The van der Waals surface area contributed by atoms with Crippen LogP contribution in [0.15, 0.2) is 24.4 Å². The number of hydrogen-bond acceptors (Lipinski definition) is 3. The second kappa shape index (κ2) is 5.05. The molecule has 78 valence electrons. The summed E-state index contributed by atoms with van der Waals surface area (Å²) in [5, 5.41) is 0. The standard InChI is InChI=1S/C11H12N2O2/c1-8(14)10-6-5-9(7-13-10)3-2-4-11(12)15/h2-3,5-7H,4H2,1H3,(H2,12,15). The maximum Gasteiger partial charge on any atom is 0.221 e. The number of pyridine rings is 1. The van der Waals surface area contributed by atoms with Crippen molar-refractivity contribution in [2.45, 2.75) is 13.3 Å². The first kappa shape index (κ1) is 11.1. The molecule has 0 aliphatic carbocycles. The highest BCUT2D eigenvalue weighted by Crippen LogP contribution is 2.03. The second-order valence-electron chi connectivity index (χ2n) is 3.11. The van der Waals surface area contributed by atoms with E-state index in [0.29, 0.717) is 5.69 Å². The minimum absolute atomic E-state index is 0.0670. The lowest BCUT2D eigenvalue weighted by Gasteiger charge is -1.95. The lowest BCUT2D eigenvalue weighted by Crippen LogP contribution is -2.07. The van der Waals surface area contributed by atoms with Crippen molar-refractivity contribution in [1.82, 2.24) is 4.98 Å². The normalized spacial score (nSPS) is 10.5. The molecule has 15 heavy (non-hydrogen) atoms. The Morgan fingerprint density at radius 2 is 2.20 bits per heavy atom. The third-order valence-corrected chi connectivity index (χ3v) is 1.78. The molecule has 1 rings (SSSR count). The summed E-state index contributed by atoms with van der Waals surface area (Å²) in [5.74, 6) is -0.442. The molecule has 0 aromatic carbocycles. The van der Waals surface area contributed by atoms with Crippen LogP contribution in [-0.4, -0.2) is 16.7 Å². The van der Waals surface area contributed by atoms with E-state index in [2.05, 4.69) is 4.98 Å². The van der Waals surface area contributed by atoms with E-state index in [0.717, 1.165) is 5.56 Å². The Morgan fingerprint density at radius 3 is 2.67 bits per heavy atom. The molecule has 0 atom stereocenters. The van der Waals surface area contributed by atoms with Crippen LogP contribution >= 0.6 is 0 Å². The van der Waals surface area contributed by atoms with Crippen LogP contribution < -0.4 is 5.73 Å². The Morgan fingerprint density at radius 1 is 1.47 bits per heavy atom. The summed E-state index contributed by atoms with van der Waals surface area (Å²) in [6.07, 6.45) is 5.18. The number of carbonyl (C=O) groups is 2. The Kier molecular flexibility index (Phi) is 3.74. The van der Waals surface area contributed by atoms with Crippen molar-refractivity contribution in [3.8, 4) is 0 Å². The van der Waals surface area contributed by atoms with Crippen LogP contribution in [0.25, 0.3) is 6.08 Å². The van der Waals surface area contributed by atoms with Crippen LogP contribution in [0, 0.1) is 0 Å². The highest BCUT2D eigenvalue weighted by atomic mass is 16.1. The summed E-state index contributed by atoms with van der Waals surface area (Å²) in [6.45, 7) is 1.46. The van der Waals surface area contributed by atoms with E-state index in [1.165, 1.54) is 6.92 Å². The molecule has 1 aromatic rings. The molecule has 4 heteroatoms. The van der Waals surface area contributed by atoms with Crippen molar-refractivity contribution in [2.75, 3.05) is 0 Å². The Balaban J connectivity index is 2.68. The van der Waals surface area contributed by atoms with Crippen molar-refractivity contribution in [1.29, 1.82) is 0 Å². The lowest BCUT2D eigenvalue weighted by atomic mass is 10.2. The van der Waals surface area contributed by atoms with Gasteiger partial charge in [0.1, 0.15) is 5.69 Å². The van der Waals surface area contributed by atoms with Crippen LogP contribution in [0.1, 0.15) is 29.4 Å². The van der Waals surface area contributed by atoms with Crippen LogP contribution in [0.5, 0.6) is 0 Å². The third-order valence-electron chi connectivity index (χ3n) is 1.78. The highest BCUT2D eigenvalue weighted by molar-refractivity contribution is 5.92. The van der Waals surface area contributed by atoms with Crippen molar-refractivity contribution in [2.24, 2.45) is 5.73 Å². The van der Waals surface area contributed by atoms with Gasteiger partial charge in [0.25, 0.3) is 0 Å². The van der Waals surface area contributed by atoms with Gasteiger partial charge in [0.05, 0.1) is 0 Å². The van der Waals surface area contributed by atoms with E-state index in [-0.39, 0.29) is 18.1 Å². The molecule has 0 saturated heterocycles. The number of nitrogens with zero attached hydrogens (tertiary/aromatic N) is 1. The summed E-state index contributed by atoms with van der Waals surface area (Å²) >= 11 is 0. The van der Waals surface area contributed by atoms with E-state index in [9.17, 15) is 9.59 Å².